The number of rotatable bonds is 5. The maximum atomic E-state index is 8.36. The number of aryl methyl sites for hydroxylation is 1. The Hall–Kier alpha value is -1.49. The van der Waals surface area contributed by atoms with Crippen molar-refractivity contribution in [2.24, 2.45) is 0 Å². The summed E-state index contributed by atoms with van der Waals surface area (Å²) < 4.78 is 5.58. The molecular formula is C12H15NO. The number of nitrogens with zero attached hydrogens (tertiary/aromatic N) is 1. The molecule has 0 radical (unpaired) electrons. The normalized spacial score (nSPS) is 9.43. The van der Waals surface area contributed by atoms with Gasteiger partial charge >= 0.3 is 0 Å². The van der Waals surface area contributed by atoms with Gasteiger partial charge < -0.3 is 4.74 Å². The van der Waals surface area contributed by atoms with Crippen LogP contribution in [0.1, 0.15) is 25.3 Å². The first-order chi connectivity index (χ1) is 6.88. The maximum Gasteiger partial charge on any atom is 0.122 e. The Labute approximate surface area is 85.1 Å². The number of hydrogen-bond acceptors (Lipinski definition) is 2. The Balaban J connectivity index is 2.46. The SMILES string of the molecule is CCc1ccccc1OCCCC#N. The minimum Gasteiger partial charge on any atom is -0.493 e. The highest BCUT2D eigenvalue weighted by atomic mass is 16.5. The van der Waals surface area contributed by atoms with E-state index in [4.69, 9.17) is 10.00 Å². The van der Waals surface area contributed by atoms with Gasteiger partial charge in [-0.3, -0.25) is 0 Å². The molecule has 0 aliphatic carbocycles. The minimum absolute atomic E-state index is 0.564. The van der Waals surface area contributed by atoms with Crippen molar-refractivity contribution in [1.82, 2.24) is 0 Å². The van der Waals surface area contributed by atoms with E-state index in [0.717, 1.165) is 18.6 Å². The fraction of sp³-hybridized carbons (Fsp3) is 0.417. The average molecular weight is 189 g/mol. The minimum atomic E-state index is 0.564. The molecule has 2 heteroatoms. The molecule has 14 heavy (non-hydrogen) atoms. The van der Waals surface area contributed by atoms with Gasteiger partial charge in [0, 0.05) is 6.42 Å². The summed E-state index contributed by atoms with van der Waals surface area (Å²) in [5.74, 6) is 0.952. The fourth-order valence-corrected chi connectivity index (χ4v) is 1.27. The lowest BCUT2D eigenvalue weighted by atomic mass is 10.1. The van der Waals surface area contributed by atoms with Crippen molar-refractivity contribution in [1.29, 1.82) is 5.26 Å². The molecule has 74 valence electrons. The number of nitriles is 1. The van der Waals surface area contributed by atoms with Crippen molar-refractivity contribution in [2.75, 3.05) is 6.61 Å². The Morgan fingerprint density at radius 2 is 2.14 bits per heavy atom. The van der Waals surface area contributed by atoms with E-state index < -0.39 is 0 Å². The second-order valence-electron chi connectivity index (χ2n) is 3.07. The Bertz CT molecular complexity index is 314. The fourth-order valence-electron chi connectivity index (χ4n) is 1.27. The summed E-state index contributed by atoms with van der Waals surface area (Å²) in [7, 11) is 0. The summed E-state index contributed by atoms with van der Waals surface area (Å²) in [4.78, 5) is 0. The van der Waals surface area contributed by atoms with Crippen LogP contribution in [0.3, 0.4) is 0 Å². The summed E-state index contributed by atoms with van der Waals surface area (Å²) in [6, 6.07) is 10.1. The zero-order chi connectivity index (χ0) is 10.2. The molecule has 1 aromatic carbocycles. The molecule has 0 amide bonds. The molecule has 1 aromatic rings. The first kappa shape index (κ1) is 10.6. The Morgan fingerprint density at radius 3 is 2.86 bits per heavy atom. The molecule has 0 aliphatic heterocycles. The van der Waals surface area contributed by atoms with Crippen molar-refractivity contribution in [3.05, 3.63) is 29.8 Å². The van der Waals surface area contributed by atoms with E-state index in [1.807, 2.05) is 18.2 Å². The average Bonchev–Trinajstić information content (AvgIpc) is 2.25. The van der Waals surface area contributed by atoms with Crippen LogP contribution in [0, 0.1) is 11.3 Å². The molecule has 0 spiro atoms. The highest BCUT2D eigenvalue weighted by Crippen LogP contribution is 2.18. The first-order valence-corrected chi connectivity index (χ1v) is 4.96. The molecule has 0 saturated heterocycles. The summed E-state index contributed by atoms with van der Waals surface area (Å²) in [5, 5.41) is 8.36. The molecule has 0 saturated carbocycles. The Morgan fingerprint density at radius 1 is 1.36 bits per heavy atom. The van der Waals surface area contributed by atoms with Gasteiger partial charge in [-0.15, -0.1) is 0 Å². The van der Waals surface area contributed by atoms with Gasteiger partial charge in [-0.1, -0.05) is 25.1 Å². The maximum absolute atomic E-state index is 8.36. The van der Waals surface area contributed by atoms with Crippen molar-refractivity contribution in [2.45, 2.75) is 26.2 Å². The molecule has 0 aliphatic rings. The van der Waals surface area contributed by atoms with Gasteiger partial charge in [-0.05, 0) is 24.5 Å². The van der Waals surface area contributed by atoms with Gasteiger partial charge in [-0.25, -0.2) is 0 Å². The molecule has 0 N–H and O–H groups in total. The number of benzene rings is 1. The summed E-state index contributed by atoms with van der Waals surface area (Å²) in [5.41, 5.74) is 1.23. The van der Waals surface area contributed by atoms with E-state index in [0.29, 0.717) is 13.0 Å². The van der Waals surface area contributed by atoms with Crippen LogP contribution in [0.25, 0.3) is 0 Å². The van der Waals surface area contributed by atoms with Gasteiger partial charge in [0.05, 0.1) is 12.7 Å². The zero-order valence-corrected chi connectivity index (χ0v) is 8.49. The number of unbranched alkanes of at least 4 members (excludes halogenated alkanes) is 1. The third-order valence-electron chi connectivity index (χ3n) is 2.04. The van der Waals surface area contributed by atoms with E-state index in [1.54, 1.807) is 0 Å². The molecule has 0 fully saturated rings. The molecule has 0 atom stereocenters. The summed E-state index contributed by atoms with van der Waals surface area (Å²) in [6.45, 7) is 2.74. The molecule has 0 bridgehead atoms. The van der Waals surface area contributed by atoms with Crippen molar-refractivity contribution < 1.29 is 4.74 Å². The molecule has 2 nitrogen and oxygen atoms in total. The van der Waals surface area contributed by atoms with Gasteiger partial charge in [0.15, 0.2) is 0 Å². The number of hydrogen-bond donors (Lipinski definition) is 0. The third-order valence-corrected chi connectivity index (χ3v) is 2.04. The largest absolute Gasteiger partial charge is 0.493 e. The summed E-state index contributed by atoms with van der Waals surface area (Å²) in [6.07, 6.45) is 2.34. The van der Waals surface area contributed by atoms with Gasteiger partial charge in [0.25, 0.3) is 0 Å². The molecular weight excluding hydrogens is 174 g/mol. The van der Waals surface area contributed by atoms with Crippen molar-refractivity contribution in [3.63, 3.8) is 0 Å². The quantitative estimate of drug-likeness (QED) is 0.667. The number of para-hydroxylation sites is 1. The van der Waals surface area contributed by atoms with Crippen LogP contribution in [0.4, 0.5) is 0 Å². The second-order valence-corrected chi connectivity index (χ2v) is 3.07. The smallest absolute Gasteiger partial charge is 0.122 e. The molecule has 0 unspecified atom stereocenters. The van der Waals surface area contributed by atoms with Gasteiger partial charge in [0.1, 0.15) is 5.75 Å². The van der Waals surface area contributed by atoms with Crippen molar-refractivity contribution >= 4 is 0 Å². The van der Waals surface area contributed by atoms with Gasteiger partial charge in [-0.2, -0.15) is 5.26 Å². The standard InChI is InChI=1S/C12H15NO/c1-2-11-7-3-4-8-12(11)14-10-6-5-9-13/h3-4,7-8H,2,5-6,10H2,1H3. The van der Waals surface area contributed by atoms with Crippen LogP contribution in [-0.4, -0.2) is 6.61 Å². The monoisotopic (exact) mass is 189 g/mol. The van der Waals surface area contributed by atoms with E-state index in [-0.39, 0.29) is 0 Å². The second kappa shape index (κ2) is 6.04. The molecule has 0 aromatic heterocycles. The molecule has 1 rings (SSSR count). The van der Waals surface area contributed by atoms with E-state index in [2.05, 4.69) is 19.1 Å². The highest BCUT2D eigenvalue weighted by molar-refractivity contribution is 5.33. The zero-order valence-electron chi connectivity index (χ0n) is 8.49. The molecule has 0 heterocycles. The number of ether oxygens (including phenoxy) is 1. The van der Waals surface area contributed by atoms with E-state index in [9.17, 15) is 0 Å². The lowest BCUT2D eigenvalue weighted by Gasteiger charge is -2.08. The van der Waals surface area contributed by atoms with Crippen LogP contribution >= 0.6 is 0 Å². The van der Waals surface area contributed by atoms with E-state index in [1.165, 1.54) is 5.56 Å². The van der Waals surface area contributed by atoms with Crippen molar-refractivity contribution in [3.8, 4) is 11.8 Å². The Kier molecular flexibility index (Phi) is 4.57. The lowest BCUT2D eigenvalue weighted by molar-refractivity contribution is 0.310. The van der Waals surface area contributed by atoms with Crippen LogP contribution in [0.2, 0.25) is 0 Å². The van der Waals surface area contributed by atoms with Crippen LogP contribution < -0.4 is 4.74 Å². The van der Waals surface area contributed by atoms with Gasteiger partial charge in [0.2, 0.25) is 0 Å². The highest BCUT2D eigenvalue weighted by Gasteiger charge is 1.99. The lowest BCUT2D eigenvalue weighted by Crippen LogP contribution is -1.99. The van der Waals surface area contributed by atoms with Crippen LogP contribution in [-0.2, 0) is 6.42 Å². The first-order valence-electron chi connectivity index (χ1n) is 4.96. The van der Waals surface area contributed by atoms with Crippen LogP contribution in [0.15, 0.2) is 24.3 Å². The summed E-state index contributed by atoms with van der Waals surface area (Å²) >= 11 is 0. The third kappa shape index (κ3) is 3.10. The predicted molar refractivity (Wildman–Crippen MR) is 56.2 cm³/mol. The van der Waals surface area contributed by atoms with E-state index >= 15 is 0 Å². The predicted octanol–water partition coefficient (Wildman–Crippen LogP) is 2.93. The van der Waals surface area contributed by atoms with Crippen LogP contribution in [0.5, 0.6) is 5.75 Å². The topological polar surface area (TPSA) is 33.0 Å².